The smallest absolute Gasteiger partial charge is 0.227 e. The third kappa shape index (κ3) is 4.49. The number of halogens is 1. The largest absolute Gasteiger partial charge is 0.326 e. The van der Waals surface area contributed by atoms with Crippen LogP contribution in [0.3, 0.4) is 0 Å². The van der Waals surface area contributed by atoms with E-state index >= 15 is 0 Å². The maximum absolute atomic E-state index is 12.4. The lowest BCUT2D eigenvalue weighted by Gasteiger charge is -2.24. The van der Waals surface area contributed by atoms with Gasteiger partial charge in [-0.1, -0.05) is 41.9 Å². The van der Waals surface area contributed by atoms with Crippen LogP contribution < -0.4 is 10.6 Å². The summed E-state index contributed by atoms with van der Waals surface area (Å²) in [6.45, 7) is 1.97. The van der Waals surface area contributed by atoms with Crippen molar-refractivity contribution in [3.63, 3.8) is 0 Å². The van der Waals surface area contributed by atoms with E-state index in [1.807, 2.05) is 55.5 Å². The highest BCUT2D eigenvalue weighted by Gasteiger charge is 2.26. The highest BCUT2D eigenvalue weighted by molar-refractivity contribution is 7.16. The fourth-order valence-corrected chi connectivity index (χ4v) is 4.44. The third-order valence-corrected chi connectivity index (χ3v) is 6.13. The molecule has 148 valence electrons. The predicted molar refractivity (Wildman–Crippen MR) is 117 cm³/mol. The Hall–Kier alpha value is -2.70. The van der Waals surface area contributed by atoms with E-state index in [0.29, 0.717) is 23.0 Å². The molecule has 2 aromatic carbocycles. The SMILES string of the molecule is Cc1sc(NC(=O)CC[C@H]2Cc3ccccc3NC2=O)nc1-c1ccc(Cl)cc1. The van der Waals surface area contributed by atoms with Gasteiger partial charge >= 0.3 is 0 Å². The van der Waals surface area contributed by atoms with E-state index in [1.54, 1.807) is 0 Å². The Morgan fingerprint density at radius 1 is 1.24 bits per heavy atom. The lowest BCUT2D eigenvalue weighted by Crippen LogP contribution is -2.30. The number of hydrogen-bond donors (Lipinski definition) is 2. The van der Waals surface area contributed by atoms with Gasteiger partial charge in [0.1, 0.15) is 0 Å². The zero-order chi connectivity index (χ0) is 20.4. The Kier molecular flexibility index (Phi) is 5.65. The first-order valence-corrected chi connectivity index (χ1v) is 10.6. The summed E-state index contributed by atoms with van der Waals surface area (Å²) in [7, 11) is 0. The molecular weight excluding hydrogens is 406 g/mol. The molecule has 3 aromatic rings. The topological polar surface area (TPSA) is 71.1 Å². The van der Waals surface area contributed by atoms with Crippen LogP contribution in [0.25, 0.3) is 11.3 Å². The summed E-state index contributed by atoms with van der Waals surface area (Å²) >= 11 is 7.39. The summed E-state index contributed by atoms with van der Waals surface area (Å²) in [5.41, 5.74) is 3.78. The van der Waals surface area contributed by atoms with E-state index in [2.05, 4.69) is 15.6 Å². The number of benzene rings is 2. The molecule has 0 aliphatic carbocycles. The number of carbonyl (C=O) groups is 2. The molecule has 0 fully saturated rings. The van der Waals surface area contributed by atoms with Gasteiger partial charge in [0.15, 0.2) is 5.13 Å². The van der Waals surface area contributed by atoms with Gasteiger partial charge in [0.05, 0.1) is 5.69 Å². The first-order valence-electron chi connectivity index (χ1n) is 9.41. The molecular formula is C22H20ClN3O2S. The number of thiazole rings is 1. The van der Waals surface area contributed by atoms with Gasteiger partial charge in [-0.05, 0) is 43.5 Å². The lowest BCUT2D eigenvalue weighted by atomic mass is 9.89. The molecule has 1 aliphatic rings. The number of para-hydroxylation sites is 1. The fraction of sp³-hybridized carbons (Fsp3) is 0.227. The molecule has 4 rings (SSSR count). The molecule has 0 spiro atoms. The number of nitrogens with zero attached hydrogens (tertiary/aromatic N) is 1. The Balaban J connectivity index is 1.36. The van der Waals surface area contributed by atoms with Gasteiger partial charge in [-0.3, -0.25) is 9.59 Å². The van der Waals surface area contributed by atoms with E-state index in [0.717, 1.165) is 27.4 Å². The van der Waals surface area contributed by atoms with Gasteiger partial charge in [-0.25, -0.2) is 4.98 Å². The van der Waals surface area contributed by atoms with Crippen molar-refractivity contribution in [3.8, 4) is 11.3 Å². The molecule has 1 aromatic heterocycles. The van der Waals surface area contributed by atoms with Crippen LogP contribution in [0.4, 0.5) is 10.8 Å². The summed E-state index contributed by atoms with van der Waals surface area (Å²) in [4.78, 5) is 30.3. The maximum Gasteiger partial charge on any atom is 0.227 e. The Morgan fingerprint density at radius 3 is 2.79 bits per heavy atom. The monoisotopic (exact) mass is 425 g/mol. The Bertz CT molecular complexity index is 1060. The van der Waals surface area contributed by atoms with Crippen LogP contribution in [0.5, 0.6) is 0 Å². The standard InChI is InChI=1S/C22H20ClN3O2S/c1-13-20(14-6-9-17(23)10-7-14)26-22(29-13)25-19(27)11-8-16-12-15-4-2-3-5-18(15)24-21(16)28/h2-7,9-10,16H,8,11-12H2,1H3,(H,24,28)(H,25,26,27)/t16-/m0/s1. The van der Waals surface area contributed by atoms with Crippen LogP contribution in [0, 0.1) is 12.8 Å². The molecule has 29 heavy (non-hydrogen) atoms. The molecule has 1 atom stereocenters. The highest BCUT2D eigenvalue weighted by atomic mass is 35.5. The summed E-state index contributed by atoms with van der Waals surface area (Å²) in [6.07, 6.45) is 1.43. The third-order valence-electron chi connectivity index (χ3n) is 4.99. The molecule has 0 bridgehead atoms. The summed E-state index contributed by atoms with van der Waals surface area (Å²) in [5, 5.41) is 7.03. The first-order chi connectivity index (χ1) is 14.0. The van der Waals surface area contributed by atoms with Crippen LogP contribution >= 0.6 is 22.9 Å². The predicted octanol–water partition coefficient (Wildman–Crippen LogP) is 5.30. The maximum atomic E-state index is 12.4. The molecule has 1 aliphatic heterocycles. The number of amides is 2. The van der Waals surface area contributed by atoms with Crippen molar-refractivity contribution in [3.05, 3.63) is 64.0 Å². The molecule has 2 heterocycles. The number of aromatic nitrogens is 1. The molecule has 7 heteroatoms. The van der Waals surface area contributed by atoms with E-state index in [-0.39, 0.29) is 24.2 Å². The second kappa shape index (κ2) is 8.35. The molecule has 0 saturated heterocycles. The number of fused-ring (bicyclic) bond motifs is 1. The number of hydrogen-bond acceptors (Lipinski definition) is 4. The molecule has 0 radical (unpaired) electrons. The second-order valence-electron chi connectivity index (χ2n) is 7.07. The molecule has 2 amide bonds. The number of rotatable bonds is 5. The summed E-state index contributed by atoms with van der Waals surface area (Å²) in [6, 6.07) is 15.2. The molecule has 2 N–H and O–H groups in total. The zero-order valence-corrected chi connectivity index (χ0v) is 17.4. The van der Waals surface area contributed by atoms with Crippen molar-refractivity contribution < 1.29 is 9.59 Å². The minimum atomic E-state index is -0.196. The van der Waals surface area contributed by atoms with Gasteiger partial charge in [-0.2, -0.15) is 0 Å². The van der Waals surface area contributed by atoms with Crippen LogP contribution in [0.15, 0.2) is 48.5 Å². The van der Waals surface area contributed by atoms with Crippen LogP contribution in [-0.4, -0.2) is 16.8 Å². The minimum absolute atomic E-state index is 0.0217. The lowest BCUT2D eigenvalue weighted by molar-refractivity contribution is -0.121. The van der Waals surface area contributed by atoms with E-state index < -0.39 is 0 Å². The van der Waals surface area contributed by atoms with Crippen molar-refractivity contribution >= 4 is 45.6 Å². The van der Waals surface area contributed by atoms with E-state index in [9.17, 15) is 9.59 Å². The molecule has 0 saturated carbocycles. The normalized spacial score (nSPS) is 15.5. The van der Waals surface area contributed by atoms with Gasteiger partial charge in [0, 0.05) is 33.5 Å². The number of carbonyl (C=O) groups excluding carboxylic acids is 2. The quantitative estimate of drug-likeness (QED) is 0.582. The van der Waals surface area contributed by atoms with Gasteiger partial charge in [-0.15, -0.1) is 11.3 Å². The second-order valence-corrected chi connectivity index (χ2v) is 8.70. The Morgan fingerprint density at radius 2 is 2.00 bits per heavy atom. The van der Waals surface area contributed by atoms with Crippen molar-refractivity contribution in [1.82, 2.24) is 4.98 Å². The average molecular weight is 426 g/mol. The number of nitrogens with one attached hydrogen (secondary N) is 2. The fourth-order valence-electron chi connectivity index (χ4n) is 3.46. The van der Waals surface area contributed by atoms with Crippen molar-refractivity contribution in [1.29, 1.82) is 0 Å². The van der Waals surface area contributed by atoms with Crippen LogP contribution in [-0.2, 0) is 16.0 Å². The minimum Gasteiger partial charge on any atom is -0.326 e. The number of aryl methyl sites for hydroxylation is 1. The van der Waals surface area contributed by atoms with Crippen molar-refractivity contribution in [2.45, 2.75) is 26.2 Å². The van der Waals surface area contributed by atoms with Gasteiger partial charge in [0.25, 0.3) is 0 Å². The summed E-state index contributed by atoms with van der Waals surface area (Å²) in [5.74, 6) is -0.349. The highest BCUT2D eigenvalue weighted by Crippen LogP contribution is 2.31. The van der Waals surface area contributed by atoms with Crippen LogP contribution in [0.2, 0.25) is 5.02 Å². The molecule has 0 unspecified atom stereocenters. The van der Waals surface area contributed by atoms with Crippen LogP contribution in [0.1, 0.15) is 23.3 Å². The first kappa shape index (κ1) is 19.6. The average Bonchev–Trinajstić information content (AvgIpc) is 3.07. The van der Waals surface area contributed by atoms with E-state index in [4.69, 9.17) is 11.6 Å². The van der Waals surface area contributed by atoms with Crippen molar-refractivity contribution in [2.24, 2.45) is 5.92 Å². The summed E-state index contributed by atoms with van der Waals surface area (Å²) < 4.78 is 0. The Labute approximate surface area is 178 Å². The zero-order valence-electron chi connectivity index (χ0n) is 15.9. The number of anilines is 2. The van der Waals surface area contributed by atoms with E-state index in [1.165, 1.54) is 11.3 Å². The van der Waals surface area contributed by atoms with Crippen molar-refractivity contribution in [2.75, 3.05) is 10.6 Å². The van der Waals surface area contributed by atoms with Gasteiger partial charge in [0.2, 0.25) is 11.8 Å². The van der Waals surface area contributed by atoms with Gasteiger partial charge < -0.3 is 10.6 Å². The molecule has 5 nitrogen and oxygen atoms in total.